The van der Waals surface area contributed by atoms with Gasteiger partial charge in [-0.05, 0) is 36.4 Å². The third-order valence-corrected chi connectivity index (χ3v) is 4.97. The Labute approximate surface area is 119 Å². The number of phenolic OH excluding ortho intramolecular Hbond substituents is 2. The van der Waals surface area contributed by atoms with Crippen LogP contribution in [0.15, 0.2) is 46.2 Å². The zero-order valence-electron chi connectivity index (χ0n) is 9.34. The van der Waals surface area contributed by atoms with E-state index in [4.69, 9.17) is 23.2 Å². The molecular formula is C12H8Cl2O4S. The third-order valence-electron chi connectivity index (χ3n) is 2.43. The highest BCUT2D eigenvalue weighted by molar-refractivity contribution is 7.91. The maximum atomic E-state index is 12.3. The van der Waals surface area contributed by atoms with E-state index in [0.29, 0.717) is 0 Å². The lowest BCUT2D eigenvalue weighted by molar-refractivity contribution is 0.474. The van der Waals surface area contributed by atoms with E-state index in [0.717, 1.165) is 12.1 Å². The number of aromatic hydroxyl groups is 2. The molecule has 0 aliphatic rings. The minimum Gasteiger partial charge on any atom is -0.508 e. The highest BCUT2D eigenvalue weighted by Gasteiger charge is 2.22. The van der Waals surface area contributed by atoms with E-state index in [1.54, 1.807) is 0 Å². The Morgan fingerprint density at radius 1 is 0.895 bits per heavy atom. The first-order chi connectivity index (χ1) is 8.82. The summed E-state index contributed by atoms with van der Waals surface area (Å²) in [4.78, 5) is -0.239. The standard InChI is InChI=1S/C12H8Cl2O4S/c13-9-6-8(2-3-11(9)16)19(17,18)12-4-1-7(15)5-10(12)14/h1-6,15-16H. The molecule has 4 nitrogen and oxygen atoms in total. The van der Waals surface area contributed by atoms with E-state index in [1.807, 2.05) is 0 Å². The Kier molecular flexibility index (Phi) is 3.62. The summed E-state index contributed by atoms with van der Waals surface area (Å²) in [5, 5.41) is 18.3. The van der Waals surface area contributed by atoms with E-state index in [9.17, 15) is 18.6 Å². The van der Waals surface area contributed by atoms with Crippen molar-refractivity contribution in [3.63, 3.8) is 0 Å². The zero-order valence-corrected chi connectivity index (χ0v) is 11.7. The van der Waals surface area contributed by atoms with Crippen molar-refractivity contribution in [3.8, 4) is 11.5 Å². The molecule has 0 aromatic heterocycles. The second-order valence-electron chi connectivity index (χ2n) is 3.73. The molecule has 0 amide bonds. The van der Waals surface area contributed by atoms with Crippen LogP contribution in [0.25, 0.3) is 0 Å². The van der Waals surface area contributed by atoms with Crippen LogP contribution < -0.4 is 0 Å². The van der Waals surface area contributed by atoms with Gasteiger partial charge in [0.15, 0.2) is 0 Å². The van der Waals surface area contributed by atoms with Gasteiger partial charge in [0.2, 0.25) is 9.84 Å². The van der Waals surface area contributed by atoms with Gasteiger partial charge < -0.3 is 10.2 Å². The molecule has 0 atom stereocenters. The van der Waals surface area contributed by atoms with Gasteiger partial charge in [0.05, 0.1) is 19.8 Å². The minimum atomic E-state index is -3.86. The fraction of sp³-hybridized carbons (Fsp3) is 0. The summed E-state index contributed by atoms with van der Waals surface area (Å²) in [7, 11) is -3.86. The van der Waals surface area contributed by atoms with Crippen molar-refractivity contribution in [1.29, 1.82) is 0 Å². The Morgan fingerprint density at radius 3 is 2.16 bits per heavy atom. The quantitative estimate of drug-likeness (QED) is 0.891. The molecule has 0 aliphatic carbocycles. The Bertz CT molecular complexity index is 741. The molecule has 0 radical (unpaired) electrons. The van der Waals surface area contributed by atoms with Gasteiger partial charge in [-0.15, -0.1) is 0 Å². The fourth-order valence-corrected chi connectivity index (χ4v) is 3.55. The molecule has 0 spiro atoms. The highest BCUT2D eigenvalue weighted by Crippen LogP contribution is 2.33. The van der Waals surface area contributed by atoms with Crippen LogP contribution >= 0.6 is 23.2 Å². The molecule has 2 aromatic carbocycles. The Balaban J connectivity index is 2.62. The number of benzene rings is 2. The average Bonchev–Trinajstić information content (AvgIpc) is 2.32. The van der Waals surface area contributed by atoms with Gasteiger partial charge in [-0.1, -0.05) is 23.2 Å². The molecule has 7 heteroatoms. The number of rotatable bonds is 2. The average molecular weight is 319 g/mol. The molecule has 2 rings (SSSR count). The van der Waals surface area contributed by atoms with E-state index in [2.05, 4.69) is 0 Å². The minimum absolute atomic E-state index is 0.0732. The van der Waals surface area contributed by atoms with Crippen molar-refractivity contribution >= 4 is 33.0 Å². The zero-order chi connectivity index (χ0) is 14.2. The molecule has 0 heterocycles. The Hall–Kier alpha value is -1.43. The number of phenols is 2. The first-order valence-corrected chi connectivity index (χ1v) is 7.28. The van der Waals surface area contributed by atoms with Gasteiger partial charge in [-0.2, -0.15) is 0 Å². The highest BCUT2D eigenvalue weighted by atomic mass is 35.5. The van der Waals surface area contributed by atoms with Crippen molar-refractivity contribution in [1.82, 2.24) is 0 Å². The molecule has 19 heavy (non-hydrogen) atoms. The molecule has 100 valence electrons. The van der Waals surface area contributed by atoms with Crippen LogP contribution in [0.2, 0.25) is 10.0 Å². The summed E-state index contributed by atoms with van der Waals surface area (Å²) >= 11 is 11.5. The van der Waals surface area contributed by atoms with E-state index < -0.39 is 9.84 Å². The molecule has 0 fully saturated rings. The Morgan fingerprint density at radius 2 is 1.58 bits per heavy atom. The molecular weight excluding hydrogens is 311 g/mol. The number of hydrogen-bond acceptors (Lipinski definition) is 4. The number of hydrogen-bond donors (Lipinski definition) is 2. The number of sulfone groups is 1. The summed E-state index contributed by atoms with van der Waals surface area (Å²) in [5.41, 5.74) is 0. The van der Waals surface area contributed by atoms with Crippen LogP contribution in [0, 0.1) is 0 Å². The van der Waals surface area contributed by atoms with E-state index in [-0.39, 0.29) is 31.3 Å². The lowest BCUT2D eigenvalue weighted by Gasteiger charge is -2.08. The largest absolute Gasteiger partial charge is 0.508 e. The predicted octanol–water partition coefficient (Wildman–Crippen LogP) is 3.24. The van der Waals surface area contributed by atoms with Crippen LogP contribution in [-0.4, -0.2) is 18.6 Å². The van der Waals surface area contributed by atoms with E-state index >= 15 is 0 Å². The lowest BCUT2D eigenvalue weighted by atomic mass is 10.3. The smallest absolute Gasteiger partial charge is 0.208 e. The van der Waals surface area contributed by atoms with Crippen LogP contribution in [0.3, 0.4) is 0 Å². The van der Waals surface area contributed by atoms with Gasteiger partial charge in [0, 0.05) is 0 Å². The SMILES string of the molecule is O=S(=O)(c1ccc(O)c(Cl)c1)c1ccc(O)cc1Cl. The number of halogens is 2. The van der Waals surface area contributed by atoms with Gasteiger partial charge in [0.1, 0.15) is 11.5 Å². The maximum absolute atomic E-state index is 12.3. The monoisotopic (exact) mass is 318 g/mol. The topological polar surface area (TPSA) is 74.6 Å². The summed E-state index contributed by atoms with van der Waals surface area (Å²) in [6, 6.07) is 7.10. The molecule has 2 N–H and O–H groups in total. The van der Waals surface area contributed by atoms with E-state index in [1.165, 1.54) is 24.3 Å². The molecule has 0 saturated heterocycles. The van der Waals surface area contributed by atoms with Crippen molar-refractivity contribution in [2.24, 2.45) is 0 Å². The third kappa shape index (κ3) is 2.63. The second-order valence-corrected chi connectivity index (χ2v) is 6.46. The lowest BCUT2D eigenvalue weighted by Crippen LogP contribution is -2.02. The van der Waals surface area contributed by atoms with Gasteiger partial charge in [-0.25, -0.2) is 8.42 Å². The van der Waals surface area contributed by atoms with Crippen molar-refractivity contribution < 1.29 is 18.6 Å². The molecule has 2 aromatic rings. The van der Waals surface area contributed by atoms with Crippen LogP contribution in [-0.2, 0) is 9.84 Å². The van der Waals surface area contributed by atoms with Crippen molar-refractivity contribution in [2.45, 2.75) is 9.79 Å². The van der Waals surface area contributed by atoms with Crippen molar-refractivity contribution in [3.05, 3.63) is 46.4 Å². The molecule has 0 aliphatic heterocycles. The van der Waals surface area contributed by atoms with Gasteiger partial charge in [0.25, 0.3) is 0 Å². The molecule has 0 unspecified atom stereocenters. The summed E-state index contributed by atoms with van der Waals surface area (Å²) in [6.07, 6.45) is 0. The second kappa shape index (κ2) is 4.92. The first-order valence-electron chi connectivity index (χ1n) is 5.04. The normalized spacial score (nSPS) is 11.5. The van der Waals surface area contributed by atoms with Crippen LogP contribution in [0.5, 0.6) is 11.5 Å². The molecule has 0 bridgehead atoms. The van der Waals surface area contributed by atoms with Gasteiger partial charge >= 0.3 is 0 Å². The summed E-state index contributed by atoms with van der Waals surface area (Å²) < 4.78 is 24.6. The summed E-state index contributed by atoms with van der Waals surface area (Å²) in [5.74, 6) is -0.342. The fourth-order valence-electron chi connectivity index (χ4n) is 1.49. The van der Waals surface area contributed by atoms with Crippen LogP contribution in [0.1, 0.15) is 0 Å². The predicted molar refractivity (Wildman–Crippen MR) is 71.7 cm³/mol. The van der Waals surface area contributed by atoms with Crippen molar-refractivity contribution in [2.75, 3.05) is 0 Å². The van der Waals surface area contributed by atoms with Gasteiger partial charge in [-0.3, -0.25) is 0 Å². The molecule has 0 saturated carbocycles. The van der Waals surface area contributed by atoms with Crippen LogP contribution in [0.4, 0.5) is 0 Å². The summed E-state index contributed by atoms with van der Waals surface area (Å²) in [6.45, 7) is 0. The first kappa shape index (κ1) is 14.0. The maximum Gasteiger partial charge on any atom is 0.208 e.